The van der Waals surface area contributed by atoms with Gasteiger partial charge in [-0.2, -0.15) is 0 Å². The summed E-state index contributed by atoms with van der Waals surface area (Å²) >= 11 is 1.45. The van der Waals surface area contributed by atoms with E-state index in [0.29, 0.717) is 6.54 Å². The van der Waals surface area contributed by atoms with Gasteiger partial charge >= 0.3 is 0 Å². The Morgan fingerprint density at radius 3 is 2.73 bits per heavy atom. The predicted octanol–water partition coefficient (Wildman–Crippen LogP) is 1.51. The van der Waals surface area contributed by atoms with Gasteiger partial charge in [0, 0.05) is 39.6 Å². The molecule has 144 valence electrons. The molecule has 0 aromatic carbocycles. The molecule has 3 N–H and O–H groups in total. The molecule has 2 heterocycles. The molecule has 0 radical (unpaired) electrons. The number of hydrogen-bond donors (Lipinski definition) is 3. The molecular weight excluding hydrogens is 465 g/mol. The van der Waals surface area contributed by atoms with Crippen LogP contribution in [0.25, 0.3) is 0 Å². The second kappa shape index (κ2) is 12.6. The van der Waals surface area contributed by atoms with Crippen molar-refractivity contribution in [1.82, 2.24) is 30.7 Å². The Balaban J connectivity index is 0.00000338. The fraction of sp³-hybridized carbons (Fsp3) is 0.500. The number of carbonyl (C=O) groups is 1. The molecule has 8 nitrogen and oxygen atoms in total. The van der Waals surface area contributed by atoms with E-state index in [1.165, 1.54) is 11.3 Å². The minimum atomic E-state index is -0.0156. The maximum Gasteiger partial charge on any atom is 0.261 e. The number of carbonyl (C=O) groups excluding carboxylic acids is 1. The number of nitrogens with one attached hydrogen (secondary N) is 3. The third kappa shape index (κ3) is 7.28. The van der Waals surface area contributed by atoms with Crippen LogP contribution in [0.5, 0.6) is 0 Å². The van der Waals surface area contributed by atoms with Crippen molar-refractivity contribution < 1.29 is 4.79 Å². The lowest BCUT2D eigenvalue weighted by atomic mass is 10.4. The Hall–Kier alpha value is -1.69. The molecule has 2 aromatic heterocycles. The number of rotatable bonds is 9. The van der Waals surface area contributed by atoms with E-state index < -0.39 is 0 Å². The summed E-state index contributed by atoms with van der Waals surface area (Å²) in [5.74, 6) is 1.71. The number of hydrogen-bond acceptors (Lipinski definition) is 5. The van der Waals surface area contributed by atoms with Gasteiger partial charge in [0.15, 0.2) is 5.96 Å². The maximum absolute atomic E-state index is 11.8. The Bertz CT molecular complexity index is 672. The lowest BCUT2D eigenvalue weighted by molar-refractivity contribution is 0.0957. The van der Waals surface area contributed by atoms with Gasteiger partial charge in [0.2, 0.25) is 0 Å². The van der Waals surface area contributed by atoms with Crippen LogP contribution in [0.3, 0.4) is 0 Å². The number of nitrogens with zero attached hydrogens (tertiary/aromatic N) is 4. The molecule has 26 heavy (non-hydrogen) atoms. The molecule has 2 rings (SSSR count). The molecular formula is C16H26IN7OS. The van der Waals surface area contributed by atoms with Gasteiger partial charge in [0.05, 0.1) is 4.88 Å². The van der Waals surface area contributed by atoms with Crippen molar-refractivity contribution in [2.75, 3.05) is 26.7 Å². The lowest BCUT2D eigenvalue weighted by Crippen LogP contribution is -2.40. The molecule has 0 aliphatic heterocycles. The molecule has 0 fully saturated rings. The zero-order valence-electron chi connectivity index (χ0n) is 15.1. The van der Waals surface area contributed by atoms with Crippen molar-refractivity contribution in [1.29, 1.82) is 0 Å². The third-order valence-corrected chi connectivity index (χ3v) is 4.43. The first-order valence-corrected chi connectivity index (χ1v) is 9.25. The summed E-state index contributed by atoms with van der Waals surface area (Å²) in [6.07, 6.45) is 3.43. The molecule has 0 aliphatic carbocycles. The SMILES string of the molecule is CCc1nncn1CCNC(=NC)NCCCNC(=O)c1cccs1.I. The highest BCUT2D eigenvalue weighted by Crippen LogP contribution is 2.07. The normalized spacial score (nSPS) is 10.9. The van der Waals surface area contributed by atoms with Gasteiger partial charge in [-0.15, -0.1) is 45.5 Å². The molecule has 0 unspecified atom stereocenters. The van der Waals surface area contributed by atoms with Crippen LogP contribution in [-0.4, -0.2) is 53.3 Å². The van der Waals surface area contributed by atoms with Crippen LogP contribution < -0.4 is 16.0 Å². The standard InChI is InChI=1S/C16H25N7OS.HI/c1-3-14-22-21-12-23(14)10-9-20-16(17-2)19-8-5-7-18-15(24)13-6-4-11-25-13;/h4,6,11-12H,3,5,7-10H2,1-2H3,(H,18,24)(H2,17,19,20);1H. The van der Waals surface area contributed by atoms with Gasteiger partial charge in [-0.1, -0.05) is 13.0 Å². The van der Waals surface area contributed by atoms with E-state index in [-0.39, 0.29) is 29.9 Å². The van der Waals surface area contributed by atoms with E-state index in [9.17, 15) is 4.79 Å². The van der Waals surface area contributed by atoms with Crippen LogP contribution >= 0.6 is 35.3 Å². The summed E-state index contributed by atoms with van der Waals surface area (Å²) in [5.41, 5.74) is 0. The minimum Gasteiger partial charge on any atom is -0.356 e. The Morgan fingerprint density at radius 1 is 1.27 bits per heavy atom. The van der Waals surface area contributed by atoms with E-state index in [4.69, 9.17) is 0 Å². The molecule has 10 heteroatoms. The molecule has 0 saturated carbocycles. The zero-order valence-corrected chi connectivity index (χ0v) is 18.2. The minimum absolute atomic E-state index is 0. The number of guanidine groups is 1. The predicted molar refractivity (Wildman–Crippen MR) is 115 cm³/mol. The number of aryl methyl sites for hydroxylation is 1. The molecule has 0 saturated heterocycles. The quantitative estimate of drug-likeness (QED) is 0.214. The number of amides is 1. The molecule has 0 aliphatic rings. The van der Waals surface area contributed by atoms with Crippen LogP contribution in [-0.2, 0) is 13.0 Å². The third-order valence-electron chi connectivity index (χ3n) is 3.56. The Labute approximate surface area is 174 Å². The first-order chi connectivity index (χ1) is 12.2. The first-order valence-electron chi connectivity index (χ1n) is 8.37. The highest BCUT2D eigenvalue weighted by Gasteiger charge is 2.05. The summed E-state index contributed by atoms with van der Waals surface area (Å²) in [6.45, 7) is 4.94. The summed E-state index contributed by atoms with van der Waals surface area (Å²) in [7, 11) is 1.74. The van der Waals surface area contributed by atoms with Crippen molar-refractivity contribution in [2.24, 2.45) is 4.99 Å². The van der Waals surface area contributed by atoms with Crippen molar-refractivity contribution in [3.05, 3.63) is 34.5 Å². The van der Waals surface area contributed by atoms with E-state index in [1.54, 1.807) is 13.4 Å². The average molecular weight is 491 g/mol. The number of halogens is 1. The van der Waals surface area contributed by atoms with Gasteiger partial charge in [-0.3, -0.25) is 9.79 Å². The summed E-state index contributed by atoms with van der Waals surface area (Å²) in [5, 5.41) is 19.3. The monoisotopic (exact) mass is 491 g/mol. The summed E-state index contributed by atoms with van der Waals surface area (Å²) in [6, 6.07) is 3.70. The van der Waals surface area contributed by atoms with Gasteiger partial charge in [-0.25, -0.2) is 0 Å². The maximum atomic E-state index is 11.8. The summed E-state index contributed by atoms with van der Waals surface area (Å²) < 4.78 is 2.03. The van der Waals surface area contributed by atoms with Gasteiger partial charge in [-0.05, 0) is 17.9 Å². The Kier molecular flexibility index (Phi) is 10.9. The van der Waals surface area contributed by atoms with Crippen molar-refractivity contribution in [2.45, 2.75) is 26.3 Å². The zero-order chi connectivity index (χ0) is 17.9. The fourth-order valence-electron chi connectivity index (χ4n) is 2.25. The molecule has 0 atom stereocenters. The van der Waals surface area contributed by atoms with E-state index in [0.717, 1.165) is 49.1 Å². The average Bonchev–Trinajstić information content (AvgIpc) is 3.31. The molecule has 2 aromatic rings. The number of aromatic nitrogens is 3. The molecule has 1 amide bonds. The number of aliphatic imine (C=N–C) groups is 1. The van der Waals surface area contributed by atoms with Crippen molar-refractivity contribution in [3.63, 3.8) is 0 Å². The second-order valence-corrected chi connectivity index (χ2v) is 6.25. The van der Waals surface area contributed by atoms with Crippen LogP contribution in [0.2, 0.25) is 0 Å². The van der Waals surface area contributed by atoms with Crippen LogP contribution in [0.4, 0.5) is 0 Å². The fourth-order valence-corrected chi connectivity index (χ4v) is 2.89. The highest BCUT2D eigenvalue weighted by atomic mass is 127. The van der Waals surface area contributed by atoms with E-state index in [1.807, 2.05) is 22.1 Å². The first kappa shape index (κ1) is 22.4. The largest absolute Gasteiger partial charge is 0.356 e. The lowest BCUT2D eigenvalue weighted by Gasteiger charge is -2.12. The van der Waals surface area contributed by atoms with Gasteiger partial charge < -0.3 is 20.5 Å². The molecule has 0 spiro atoms. The Morgan fingerprint density at radius 2 is 2.04 bits per heavy atom. The second-order valence-electron chi connectivity index (χ2n) is 5.31. The topological polar surface area (TPSA) is 96.2 Å². The van der Waals surface area contributed by atoms with E-state index >= 15 is 0 Å². The van der Waals surface area contributed by atoms with Gasteiger partial charge in [0.25, 0.3) is 5.91 Å². The highest BCUT2D eigenvalue weighted by molar-refractivity contribution is 14.0. The van der Waals surface area contributed by atoms with Crippen molar-refractivity contribution in [3.8, 4) is 0 Å². The van der Waals surface area contributed by atoms with Crippen LogP contribution in [0, 0.1) is 0 Å². The smallest absolute Gasteiger partial charge is 0.261 e. The van der Waals surface area contributed by atoms with Gasteiger partial charge in [0.1, 0.15) is 12.2 Å². The summed E-state index contributed by atoms with van der Waals surface area (Å²) in [4.78, 5) is 16.7. The van der Waals surface area contributed by atoms with E-state index in [2.05, 4.69) is 38.1 Å². The number of thiophene rings is 1. The molecule has 0 bridgehead atoms. The van der Waals surface area contributed by atoms with Crippen molar-refractivity contribution >= 4 is 47.2 Å². The van der Waals surface area contributed by atoms with Crippen LogP contribution in [0.15, 0.2) is 28.8 Å². The van der Waals surface area contributed by atoms with Crippen LogP contribution in [0.1, 0.15) is 28.8 Å².